The average Bonchev–Trinajstić information content (AvgIpc) is 1.97. The molecule has 79 valence electrons. The van der Waals surface area contributed by atoms with E-state index >= 15 is 0 Å². The third kappa shape index (κ3) is 2.82. The molecule has 2 N–H and O–H groups in total. The molecule has 0 spiro atoms. The molecule has 1 aromatic rings. The zero-order valence-corrected chi connectivity index (χ0v) is 11.4. The Labute approximate surface area is 109 Å². The van der Waals surface area contributed by atoms with Crippen LogP contribution in [0.2, 0.25) is 0 Å². The predicted molar refractivity (Wildman–Crippen MR) is 53.7 cm³/mol. The summed E-state index contributed by atoms with van der Waals surface area (Å²) in [5, 5.41) is 9.32. The molecule has 0 unspecified atom stereocenters. The Morgan fingerprint density at radius 2 is 1.87 bits per heavy atom. The van der Waals surface area contributed by atoms with E-state index < -0.39 is 26.5 Å². The number of hydrogen-bond acceptors (Lipinski definition) is 4. The zero-order chi connectivity index (χ0) is 11.1. The minimum atomic E-state index is -4.51. The second-order valence-electron chi connectivity index (χ2n) is 2.85. The molecule has 0 aromatic carbocycles. The Bertz CT molecular complexity index is 533. The molecule has 1 heterocycles. The van der Waals surface area contributed by atoms with Crippen molar-refractivity contribution in [3.05, 3.63) is 22.0 Å². The minimum Gasteiger partial charge on any atom is -0.493 e. The van der Waals surface area contributed by atoms with E-state index in [0.29, 0.717) is 0 Å². The number of aromatic hydroxyl groups is 1. The zero-order valence-electron chi connectivity index (χ0n) is 8.55. The second-order valence-corrected chi connectivity index (χ2v) is 4.21. The molecule has 0 saturated carbocycles. The van der Waals surface area contributed by atoms with E-state index in [9.17, 15) is 18.3 Å². The molecule has 8 heteroatoms. The van der Waals surface area contributed by atoms with E-state index in [-0.39, 0.29) is 35.1 Å². The Morgan fingerprint density at radius 1 is 1.40 bits per heavy atom. The van der Waals surface area contributed by atoms with Gasteiger partial charge in [-0.25, -0.2) is 0 Å². The number of hydrogen-bond donors (Lipinski definition) is 2. The van der Waals surface area contributed by atoms with E-state index in [2.05, 4.69) is 0 Å². The SMILES string of the molecule is Cc1cc(=O)n(C)c(O)c1S(=O)(=O)O.[Na]. The Balaban J connectivity index is 0.00000196. The molecule has 15 heavy (non-hydrogen) atoms. The molecule has 6 nitrogen and oxygen atoms in total. The molecule has 0 fully saturated rings. The van der Waals surface area contributed by atoms with Gasteiger partial charge >= 0.3 is 0 Å². The molecule has 0 atom stereocenters. The molecule has 0 saturated heterocycles. The van der Waals surface area contributed by atoms with Crippen LogP contribution in [0.1, 0.15) is 5.56 Å². The van der Waals surface area contributed by atoms with E-state index in [1.807, 2.05) is 0 Å². The third-order valence-electron chi connectivity index (χ3n) is 1.81. The number of aryl methyl sites for hydroxylation is 1. The fourth-order valence-corrected chi connectivity index (χ4v) is 1.93. The van der Waals surface area contributed by atoms with Crippen LogP contribution in [0.5, 0.6) is 5.88 Å². The molecule has 1 radical (unpaired) electrons. The standard InChI is InChI=1S/C7H9NO5S.Na/c1-4-3-5(9)8(2)7(10)6(4)14(11,12)13;/h3,10H,1-2H3,(H,11,12,13);. The predicted octanol–water partition coefficient (Wildman–Crippen LogP) is -0.735. The van der Waals surface area contributed by atoms with Crippen molar-refractivity contribution in [2.24, 2.45) is 7.05 Å². The van der Waals surface area contributed by atoms with E-state index in [0.717, 1.165) is 10.6 Å². The van der Waals surface area contributed by atoms with Gasteiger partial charge in [-0.2, -0.15) is 8.42 Å². The van der Waals surface area contributed by atoms with Crippen molar-refractivity contribution in [1.82, 2.24) is 4.57 Å². The summed E-state index contributed by atoms with van der Waals surface area (Å²) >= 11 is 0. The largest absolute Gasteiger partial charge is 0.493 e. The van der Waals surface area contributed by atoms with Crippen molar-refractivity contribution in [1.29, 1.82) is 0 Å². The number of aromatic nitrogens is 1. The van der Waals surface area contributed by atoms with Gasteiger partial charge in [0, 0.05) is 42.7 Å². The molecule has 1 aromatic heterocycles. The Morgan fingerprint density at radius 3 is 2.27 bits per heavy atom. The van der Waals surface area contributed by atoms with Crippen molar-refractivity contribution in [2.75, 3.05) is 0 Å². The van der Waals surface area contributed by atoms with Crippen molar-refractivity contribution in [2.45, 2.75) is 11.8 Å². The first-order chi connectivity index (χ1) is 6.25. The third-order valence-corrected chi connectivity index (χ3v) is 2.83. The Kier molecular flexibility index (Phi) is 4.56. The molecule has 0 bridgehead atoms. The van der Waals surface area contributed by atoms with Crippen LogP contribution in [0, 0.1) is 6.92 Å². The summed E-state index contributed by atoms with van der Waals surface area (Å²) in [5.74, 6) is -0.766. The fraction of sp³-hybridized carbons (Fsp3) is 0.286. The molecule has 0 aliphatic rings. The quantitative estimate of drug-likeness (QED) is 0.499. The average molecular weight is 242 g/mol. The maximum atomic E-state index is 11.1. The van der Waals surface area contributed by atoms with Crippen LogP contribution < -0.4 is 5.56 Å². The van der Waals surface area contributed by atoms with Gasteiger partial charge in [-0.05, 0) is 12.5 Å². The van der Waals surface area contributed by atoms with Crippen LogP contribution in [0.25, 0.3) is 0 Å². The molecule has 1 rings (SSSR count). The van der Waals surface area contributed by atoms with Crippen LogP contribution in [0.3, 0.4) is 0 Å². The van der Waals surface area contributed by atoms with Gasteiger partial charge < -0.3 is 5.11 Å². The van der Waals surface area contributed by atoms with Gasteiger partial charge in [-0.3, -0.25) is 13.9 Å². The first-order valence-electron chi connectivity index (χ1n) is 3.62. The van der Waals surface area contributed by atoms with Crippen molar-refractivity contribution < 1.29 is 18.1 Å². The molecule has 0 aliphatic heterocycles. The van der Waals surface area contributed by atoms with Crippen molar-refractivity contribution in [3.8, 4) is 5.88 Å². The van der Waals surface area contributed by atoms with Crippen LogP contribution in [0.4, 0.5) is 0 Å². The number of pyridine rings is 1. The van der Waals surface area contributed by atoms with Crippen LogP contribution in [0.15, 0.2) is 15.8 Å². The van der Waals surface area contributed by atoms with Gasteiger partial charge in [0.2, 0.25) is 5.88 Å². The summed E-state index contributed by atoms with van der Waals surface area (Å²) in [5.41, 5.74) is -0.541. The van der Waals surface area contributed by atoms with Gasteiger partial charge in [-0.1, -0.05) is 0 Å². The Hall–Kier alpha value is -0.340. The molecule has 0 aliphatic carbocycles. The topological polar surface area (TPSA) is 96.6 Å². The molecular formula is C7H9NNaO5S. The number of rotatable bonds is 1. The number of nitrogens with zero attached hydrogens (tertiary/aromatic N) is 1. The molecular weight excluding hydrogens is 233 g/mol. The normalized spacial score (nSPS) is 10.9. The molecule has 0 amide bonds. The minimum absolute atomic E-state index is 0. The van der Waals surface area contributed by atoms with Crippen LogP contribution in [-0.4, -0.2) is 52.2 Å². The summed E-state index contributed by atoms with van der Waals surface area (Å²) in [4.78, 5) is 10.4. The monoisotopic (exact) mass is 242 g/mol. The van der Waals surface area contributed by atoms with Gasteiger partial charge in [0.25, 0.3) is 15.7 Å². The van der Waals surface area contributed by atoms with Crippen LogP contribution in [-0.2, 0) is 17.2 Å². The van der Waals surface area contributed by atoms with Crippen LogP contribution >= 0.6 is 0 Å². The first kappa shape index (κ1) is 14.7. The van der Waals surface area contributed by atoms with Crippen molar-refractivity contribution >= 4 is 39.7 Å². The van der Waals surface area contributed by atoms with Gasteiger partial charge in [0.15, 0.2) is 4.90 Å². The first-order valence-corrected chi connectivity index (χ1v) is 5.06. The maximum absolute atomic E-state index is 11.1. The van der Waals surface area contributed by atoms with E-state index in [4.69, 9.17) is 4.55 Å². The fourth-order valence-electron chi connectivity index (χ4n) is 1.10. The van der Waals surface area contributed by atoms with Gasteiger partial charge in [0.1, 0.15) is 0 Å². The van der Waals surface area contributed by atoms with E-state index in [1.54, 1.807) is 0 Å². The summed E-state index contributed by atoms with van der Waals surface area (Å²) in [6, 6.07) is 1.02. The second kappa shape index (κ2) is 4.67. The smallest absolute Gasteiger partial charge is 0.300 e. The summed E-state index contributed by atoms with van der Waals surface area (Å²) in [6.07, 6.45) is 0. The van der Waals surface area contributed by atoms with E-state index in [1.165, 1.54) is 14.0 Å². The van der Waals surface area contributed by atoms with Gasteiger partial charge in [-0.15, -0.1) is 0 Å². The summed E-state index contributed by atoms with van der Waals surface area (Å²) in [7, 11) is -3.31. The van der Waals surface area contributed by atoms with Crippen molar-refractivity contribution in [3.63, 3.8) is 0 Å². The maximum Gasteiger partial charge on any atom is 0.300 e. The van der Waals surface area contributed by atoms with Gasteiger partial charge in [0.05, 0.1) is 0 Å². The summed E-state index contributed by atoms with van der Waals surface area (Å²) in [6.45, 7) is 1.31. The summed E-state index contributed by atoms with van der Waals surface area (Å²) < 4.78 is 31.1.